The second-order valence-electron chi connectivity index (χ2n) is 6.33. The largest absolute Gasteiger partial charge is 0.507 e. The summed E-state index contributed by atoms with van der Waals surface area (Å²) in [4.78, 5) is 27.9. The molecule has 0 unspecified atom stereocenters. The monoisotopic (exact) mass is 581 g/mol. The van der Waals surface area contributed by atoms with E-state index in [0.29, 0.717) is 36.6 Å². The fraction of sp³-hybridized carbons (Fsp3) is 0.0455. The van der Waals surface area contributed by atoms with Crippen LogP contribution in [0, 0.1) is 0 Å². The summed E-state index contributed by atoms with van der Waals surface area (Å²) in [6.07, 6.45) is 1.35. The average molecular weight is 584 g/mol. The Balaban J connectivity index is 1.83. The molecule has 3 aromatic carbocycles. The van der Waals surface area contributed by atoms with Crippen LogP contribution in [0.2, 0.25) is 5.02 Å². The first-order chi connectivity index (χ1) is 15.2. The van der Waals surface area contributed by atoms with Gasteiger partial charge in [0.15, 0.2) is 11.5 Å². The predicted molar refractivity (Wildman–Crippen MR) is 126 cm³/mol. The van der Waals surface area contributed by atoms with Gasteiger partial charge in [-0.25, -0.2) is 4.79 Å². The van der Waals surface area contributed by atoms with Crippen LogP contribution in [0.25, 0.3) is 0 Å². The first kappa shape index (κ1) is 23.8. The second kappa shape index (κ2) is 10.6. The Morgan fingerprint density at radius 2 is 1.69 bits per heavy atom. The average Bonchev–Trinajstić information content (AvgIpc) is 2.75. The lowest BCUT2D eigenvalue weighted by molar-refractivity contribution is -0.142. The van der Waals surface area contributed by atoms with Crippen molar-refractivity contribution in [2.45, 2.75) is 0 Å². The van der Waals surface area contributed by atoms with E-state index >= 15 is 0 Å². The number of phenolic OH excluding ortho intramolecular Hbond substituents is 1. The molecule has 0 saturated carbocycles. The molecule has 0 saturated heterocycles. The van der Waals surface area contributed by atoms with Crippen LogP contribution in [0.3, 0.4) is 0 Å². The zero-order chi connectivity index (χ0) is 23.3. The van der Waals surface area contributed by atoms with Gasteiger partial charge in [-0.05, 0) is 92.0 Å². The van der Waals surface area contributed by atoms with Crippen LogP contribution in [0.15, 0.2) is 68.7 Å². The van der Waals surface area contributed by atoms with Crippen LogP contribution in [-0.4, -0.2) is 34.8 Å². The zero-order valence-corrected chi connectivity index (χ0v) is 20.0. The highest BCUT2D eigenvalue weighted by Gasteiger charge is 2.17. The summed E-state index contributed by atoms with van der Waals surface area (Å²) in [6.45, 7) is -0.544. The molecule has 0 bridgehead atoms. The molecule has 0 atom stereocenters. The van der Waals surface area contributed by atoms with E-state index in [2.05, 4.69) is 41.9 Å². The maximum atomic E-state index is 12.8. The Kier molecular flexibility index (Phi) is 7.89. The minimum atomic E-state index is -1.13. The topological polar surface area (TPSA) is 105 Å². The number of hydrogen-bond acceptors (Lipinski definition) is 6. The molecule has 7 nitrogen and oxygen atoms in total. The number of halogens is 3. The van der Waals surface area contributed by atoms with Crippen molar-refractivity contribution < 1.29 is 29.4 Å². The van der Waals surface area contributed by atoms with Gasteiger partial charge in [0.2, 0.25) is 6.61 Å². The molecule has 0 heterocycles. The molecule has 0 fully saturated rings. The van der Waals surface area contributed by atoms with Gasteiger partial charge in [0.05, 0.1) is 20.7 Å². The highest BCUT2D eigenvalue weighted by molar-refractivity contribution is 9.11. The van der Waals surface area contributed by atoms with Crippen LogP contribution in [-0.2, 0) is 9.63 Å². The second-order valence-corrected chi connectivity index (χ2v) is 8.48. The van der Waals surface area contributed by atoms with E-state index < -0.39 is 12.6 Å². The summed E-state index contributed by atoms with van der Waals surface area (Å²) in [5.74, 6) is -0.938. The third kappa shape index (κ3) is 6.09. The van der Waals surface area contributed by atoms with Crippen LogP contribution < -0.4 is 4.74 Å². The number of hydrogen-bond donors (Lipinski definition) is 2. The van der Waals surface area contributed by atoms with Gasteiger partial charge in [-0.15, -0.1) is 0 Å². The smallest absolute Gasteiger partial charge is 0.344 e. The number of benzene rings is 3. The summed E-state index contributed by atoms with van der Waals surface area (Å²) in [5, 5.41) is 22.8. The Labute approximate surface area is 204 Å². The summed E-state index contributed by atoms with van der Waals surface area (Å²) >= 11 is 12.7. The maximum Gasteiger partial charge on any atom is 0.344 e. The molecule has 0 aliphatic heterocycles. The summed E-state index contributed by atoms with van der Waals surface area (Å²) in [7, 11) is 0. The summed E-state index contributed by atoms with van der Waals surface area (Å²) in [6, 6.07) is 14.1. The molecule has 2 N–H and O–H groups in total. The van der Waals surface area contributed by atoms with Gasteiger partial charge in [-0.1, -0.05) is 16.8 Å². The number of phenols is 1. The molecule has 0 aliphatic rings. The lowest BCUT2D eigenvalue weighted by Gasteiger charge is -2.12. The molecule has 0 amide bonds. The normalized spacial score (nSPS) is 10.8. The number of aromatic hydroxyl groups is 1. The molecule has 0 radical (unpaired) electrons. The van der Waals surface area contributed by atoms with Crippen molar-refractivity contribution in [3.63, 3.8) is 0 Å². The third-order valence-electron chi connectivity index (χ3n) is 4.02. The van der Waals surface area contributed by atoms with Crippen molar-refractivity contribution in [3.8, 4) is 17.2 Å². The quantitative estimate of drug-likeness (QED) is 0.191. The zero-order valence-electron chi connectivity index (χ0n) is 16.1. The molecule has 3 rings (SSSR count). The van der Waals surface area contributed by atoms with Crippen LogP contribution >= 0.6 is 43.5 Å². The molecule has 3 aromatic rings. The molecular weight excluding hydrogens is 570 g/mol. The van der Waals surface area contributed by atoms with E-state index in [1.807, 2.05) is 0 Å². The van der Waals surface area contributed by atoms with Gasteiger partial charge >= 0.3 is 5.97 Å². The molecule has 32 heavy (non-hydrogen) atoms. The number of carbonyl (C=O) groups excluding carboxylic acids is 1. The third-order valence-corrected chi connectivity index (χ3v) is 5.45. The number of oxime groups is 1. The van der Waals surface area contributed by atoms with Crippen molar-refractivity contribution in [3.05, 3.63) is 85.3 Å². The number of carboxylic acids is 1. The SMILES string of the molecule is O=C(O)CO/N=C\c1cc(Br)c(Oc2ccc(O)c(C(=O)c3ccc(Cl)cc3)c2)c(Br)c1. The number of ketones is 1. The van der Waals surface area contributed by atoms with E-state index in [0.717, 1.165) is 0 Å². The number of carbonyl (C=O) groups is 2. The first-order valence-electron chi connectivity index (χ1n) is 8.92. The number of aliphatic carboxylic acids is 1. The van der Waals surface area contributed by atoms with Crippen LogP contribution in [0.4, 0.5) is 0 Å². The van der Waals surface area contributed by atoms with Crippen molar-refractivity contribution >= 4 is 61.4 Å². The van der Waals surface area contributed by atoms with Crippen molar-refractivity contribution in [2.24, 2.45) is 5.16 Å². The number of carboxylic acid groups (broad SMARTS) is 1. The van der Waals surface area contributed by atoms with E-state index in [4.69, 9.17) is 21.4 Å². The van der Waals surface area contributed by atoms with Gasteiger partial charge in [-0.3, -0.25) is 4.79 Å². The van der Waals surface area contributed by atoms with Gasteiger partial charge in [0.25, 0.3) is 0 Å². The Morgan fingerprint density at radius 1 is 1.03 bits per heavy atom. The Bertz CT molecular complexity index is 1170. The first-order valence-corrected chi connectivity index (χ1v) is 10.9. The Hall–Kier alpha value is -2.88. The molecule has 10 heteroatoms. The standard InChI is InChI=1S/C22H14Br2ClNO6/c23-17-7-12(10-26-31-11-20(28)29)8-18(24)22(17)32-15-5-6-19(27)16(9-15)21(30)13-1-3-14(25)4-2-13/h1-10,27H,11H2,(H,28,29)/b26-10-. The molecule has 0 aliphatic carbocycles. The fourth-order valence-electron chi connectivity index (χ4n) is 2.58. The highest BCUT2D eigenvalue weighted by atomic mass is 79.9. The van der Waals surface area contributed by atoms with Crippen molar-refractivity contribution in [1.82, 2.24) is 0 Å². The number of rotatable bonds is 8. The van der Waals surface area contributed by atoms with E-state index in [1.54, 1.807) is 36.4 Å². The number of ether oxygens (including phenoxy) is 1. The minimum absolute atomic E-state index is 0.0800. The molecule has 164 valence electrons. The number of nitrogens with zero attached hydrogens (tertiary/aromatic N) is 1. The van der Waals surface area contributed by atoms with Crippen molar-refractivity contribution in [2.75, 3.05) is 6.61 Å². The van der Waals surface area contributed by atoms with Gasteiger partial charge < -0.3 is 19.8 Å². The lowest BCUT2D eigenvalue weighted by Crippen LogP contribution is -2.03. The molecular formula is C22H14Br2ClNO6. The maximum absolute atomic E-state index is 12.8. The fourth-order valence-corrected chi connectivity index (χ4v) is 4.09. The van der Waals surface area contributed by atoms with Crippen LogP contribution in [0.5, 0.6) is 17.2 Å². The Morgan fingerprint density at radius 3 is 2.31 bits per heavy atom. The van der Waals surface area contributed by atoms with Gasteiger partial charge in [-0.2, -0.15) is 0 Å². The van der Waals surface area contributed by atoms with Gasteiger partial charge in [0.1, 0.15) is 11.5 Å². The highest BCUT2D eigenvalue weighted by Crippen LogP contribution is 2.38. The summed E-state index contributed by atoms with van der Waals surface area (Å²) < 4.78 is 7.04. The van der Waals surface area contributed by atoms with E-state index in [9.17, 15) is 14.7 Å². The lowest BCUT2D eigenvalue weighted by atomic mass is 10.0. The summed E-state index contributed by atoms with van der Waals surface area (Å²) in [5.41, 5.74) is 1.07. The molecule has 0 spiro atoms. The van der Waals surface area contributed by atoms with Crippen LogP contribution in [0.1, 0.15) is 21.5 Å². The predicted octanol–water partition coefficient (Wildman–Crippen LogP) is 6.03. The van der Waals surface area contributed by atoms with Crippen molar-refractivity contribution in [1.29, 1.82) is 0 Å². The van der Waals surface area contributed by atoms with E-state index in [1.165, 1.54) is 24.4 Å². The van der Waals surface area contributed by atoms with Gasteiger partial charge in [0, 0.05) is 10.6 Å². The minimum Gasteiger partial charge on any atom is -0.507 e. The molecule has 0 aromatic heterocycles. The van der Waals surface area contributed by atoms with E-state index in [-0.39, 0.29) is 17.1 Å².